The largest absolute Gasteiger partial charge is 0.348 e. The molecule has 2 aliphatic carbocycles. The molecule has 1 aromatic heterocycles. The summed E-state index contributed by atoms with van der Waals surface area (Å²) in [7, 11) is 2.21. The Hall–Kier alpha value is -0.610. The van der Waals surface area contributed by atoms with E-state index >= 15 is 0 Å². The summed E-state index contributed by atoms with van der Waals surface area (Å²) < 4.78 is 0. The Morgan fingerprint density at radius 3 is 2.48 bits per heavy atom. The fraction of sp³-hybridized carbons (Fsp3) is 0.824. The summed E-state index contributed by atoms with van der Waals surface area (Å²) >= 11 is 1.89. The van der Waals surface area contributed by atoms with E-state index in [9.17, 15) is 0 Å². The number of nitrogens with one attached hydrogen (secondary N) is 1. The van der Waals surface area contributed by atoms with E-state index in [1.807, 2.05) is 11.3 Å². The Balaban J connectivity index is 1.79. The van der Waals surface area contributed by atoms with Crippen molar-refractivity contribution in [2.45, 2.75) is 77.4 Å². The van der Waals surface area contributed by atoms with Crippen LogP contribution in [-0.2, 0) is 12.0 Å². The zero-order valence-corrected chi connectivity index (χ0v) is 14.9. The minimum absolute atomic E-state index is 0.124. The predicted molar refractivity (Wildman–Crippen MR) is 91.3 cm³/mol. The van der Waals surface area contributed by atoms with Gasteiger partial charge >= 0.3 is 0 Å². The van der Waals surface area contributed by atoms with E-state index in [1.165, 1.54) is 41.4 Å². The molecule has 3 nitrogen and oxygen atoms in total. The summed E-state index contributed by atoms with van der Waals surface area (Å²) in [5.74, 6) is 0.880. The molecule has 1 heterocycles. The standard InChI is InChI=1S/C17H29N3S/c1-11(12-6-7-12)20(5)16-19-15(17(2,3)4)14(21-16)10-18-13-8-9-13/h11-13,18H,6-10H2,1-5H3. The van der Waals surface area contributed by atoms with Gasteiger partial charge < -0.3 is 10.2 Å². The highest BCUT2D eigenvalue weighted by Gasteiger charge is 2.33. The first kappa shape index (κ1) is 15.3. The number of aromatic nitrogens is 1. The third kappa shape index (κ3) is 3.59. The van der Waals surface area contributed by atoms with Crippen LogP contribution in [0.25, 0.3) is 0 Å². The van der Waals surface area contributed by atoms with Crippen molar-refractivity contribution in [3.05, 3.63) is 10.6 Å². The van der Waals surface area contributed by atoms with Crippen molar-refractivity contribution >= 4 is 16.5 Å². The number of thiazole rings is 1. The van der Waals surface area contributed by atoms with Crippen LogP contribution in [0.15, 0.2) is 0 Å². The monoisotopic (exact) mass is 307 g/mol. The summed E-state index contributed by atoms with van der Waals surface area (Å²) in [4.78, 5) is 8.85. The highest BCUT2D eigenvalue weighted by atomic mass is 32.1. The molecule has 2 saturated carbocycles. The zero-order chi connectivity index (χ0) is 15.2. The smallest absolute Gasteiger partial charge is 0.185 e. The Kier molecular flexibility index (Phi) is 4.04. The lowest BCUT2D eigenvalue weighted by atomic mass is 9.91. The molecule has 0 aliphatic heterocycles. The Labute approximate surface area is 133 Å². The number of nitrogens with zero attached hydrogens (tertiary/aromatic N) is 2. The van der Waals surface area contributed by atoms with Gasteiger partial charge in [0.15, 0.2) is 5.13 Å². The van der Waals surface area contributed by atoms with Crippen LogP contribution in [0, 0.1) is 5.92 Å². The fourth-order valence-electron chi connectivity index (χ4n) is 2.79. The molecule has 118 valence electrons. The van der Waals surface area contributed by atoms with Crippen LogP contribution < -0.4 is 10.2 Å². The van der Waals surface area contributed by atoms with E-state index < -0.39 is 0 Å². The first-order valence-electron chi connectivity index (χ1n) is 8.32. The molecular weight excluding hydrogens is 278 g/mol. The summed E-state index contributed by atoms with van der Waals surface area (Å²) in [5.41, 5.74) is 1.41. The highest BCUT2D eigenvalue weighted by Crippen LogP contribution is 2.39. The molecule has 0 spiro atoms. The van der Waals surface area contributed by atoms with E-state index in [0.717, 1.165) is 18.5 Å². The van der Waals surface area contributed by atoms with Gasteiger partial charge in [0, 0.05) is 36.0 Å². The molecule has 1 atom stereocenters. The van der Waals surface area contributed by atoms with Gasteiger partial charge in [0.2, 0.25) is 0 Å². The molecule has 1 aromatic rings. The van der Waals surface area contributed by atoms with E-state index in [-0.39, 0.29) is 5.41 Å². The Morgan fingerprint density at radius 1 is 1.29 bits per heavy atom. The van der Waals surface area contributed by atoms with Crippen LogP contribution in [0.3, 0.4) is 0 Å². The lowest BCUT2D eigenvalue weighted by Crippen LogP contribution is -2.30. The summed E-state index contributed by atoms with van der Waals surface area (Å²) in [5, 5.41) is 4.85. The van der Waals surface area contributed by atoms with Crippen molar-refractivity contribution in [3.8, 4) is 0 Å². The van der Waals surface area contributed by atoms with Crippen molar-refractivity contribution < 1.29 is 0 Å². The van der Waals surface area contributed by atoms with Crippen LogP contribution in [-0.4, -0.2) is 24.1 Å². The number of anilines is 1. The molecule has 4 heteroatoms. The van der Waals surface area contributed by atoms with E-state index in [0.29, 0.717) is 6.04 Å². The average Bonchev–Trinajstić information content (AvgIpc) is 3.31. The van der Waals surface area contributed by atoms with Crippen LogP contribution >= 0.6 is 11.3 Å². The van der Waals surface area contributed by atoms with Gasteiger partial charge in [-0.2, -0.15) is 0 Å². The lowest BCUT2D eigenvalue weighted by Gasteiger charge is -2.24. The van der Waals surface area contributed by atoms with Gasteiger partial charge in [-0.3, -0.25) is 0 Å². The number of rotatable bonds is 6. The maximum absolute atomic E-state index is 5.02. The van der Waals surface area contributed by atoms with E-state index in [2.05, 4.69) is 45.0 Å². The molecule has 21 heavy (non-hydrogen) atoms. The first-order chi connectivity index (χ1) is 9.86. The van der Waals surface area contributed by atoms with Crippen molar-refractivity contribution in [3.63, 3.8) is 0 Å². The molecule has 1 N–H and O–H groups in total. The van der Waals surface area contributed by atoms with E-state index in [4.69, 9.17) is 4.98 Å². The molecule has 0 radical (unpaired) electrons. The Morgan fingerprint density at radius 2 is 1.95 bits per heavy atom. The molecule has 1 unspecified atom stereocenters. The van der Waals surface area contributed by atoms with Crippen molar-refractivity contribution in [2.75, 3.05) is 11.9 Å². The molecule has 3 rings (SSSR count). The highest BCUT2D eigenvalue weighted by molar-refractivity contribution is 7.15. The number of hydrogen-bond acceptors (Lipinski definition) is 4. The average molecular weight is 308 g/mol. The van der Waals surface area contributed by atoms with Gasteiger partial charge in [-0.25, -0.2) is 4.98 Å². The quantitative estimate of drug-likeness (QED) is 0.863. The molecule has 0 bridgehead atoms. The predicted octanol–water partition coefficient (Wildman–Crippen LogP) is 3.93. The lowest BCUT2D eigenvalue weighted by molar-refractivity contribution is 0.555. The van der Waals surface area contributed by atoms with E-state index in [1.54, 1.807) is 0 Å². The second-order valence-electron chi connectivity index (χ2n) is 7.86. The molecule has 0 amide bonds. The molecule has 0 saturated heterocycles. The topological polar surface area (TPSA) is 28.2 Å². The minimum atomic E-state index is 0.124. The fourth-order valence-corrected chi connectivity index (χ4v) is 4.06. The minimum Gasteiger partial charge on any atom is -0.348 e. The van der Waals surface area contributed by atoms with Crippen LogP contribution in [0.1, 0.15) is 63.9 Å². The van der Waals surface area contributed by atoms with Gasteiger partial charge in [-0.05, 0) is 38.5 Å². The number of hydrogen-bond donors (Lipinski definition) is 1. The van der Waals surface area contributed by atoms with Crippen LogP contribution in [0.5, 0.6) is 0 Å². The first-order valence-corrected chi connectivity index (χ1v) is 9.14. The summed E-state index contributed by atoms with van der Waals surface area (Å²) in [6, 6.07) is 1.37. The molecule has 2 fully saturated rings. The maximum atomic E-state index is 5.02. The third-order valence-electron chi connectivity index (χ3n) is 4.74. The molecule has 0 aromatic carbocycles. The molecular formula is C17H29N3S. The summed E-state index contributed by atoms with van der Waals surface area (Å²) in [6.07, 6.45) is 5.46. The maximum Gasteiger partial charge on any atom is 0.185 e. The van der Waals surface area contributed by atoms with Crippen LogP contribution in [0.2, 0.25) is 0 Å². The van der Waals surface area contributed by atoms with Gasteiger partial charge in [0.05, 0.1) is 5.69 Å². The normalized spacial score (nSPS) is 20.6. The SMILES string of the molecule is CC(C1CC1)N(C)c1nc(C(C)(C)C)c(CNC2CC2)s1. The van der Waals surface area contributed by atoms with Gasteiger partial charge in [0.25, 0.3) is 0 Å². The van der Waals surface area contributed by atoms with Crippen LogP contribution in [0.4, 0.5) is 5.13 Å². The van der Waals surface area contributed by atoms with Crippen molar-refractivity contribution in [1.29, 1.82) is 0 Å². The van der Waals surface area contributed by atoms with Crippen molar-refractivity contribution in [2.24, 2.45) is 5.92 Å². The van der Waals surface area contributed by atoms with Gasteiger partial charge in [-0.15, -0.1) is 11.3 Å². The second-order valence-corrected chi connectivity index (χ2v) is 8.92. The Bertz CT molecular complexity index is 495. The summed E-state index contributed by atoms with van der Waals surface area (Å²) in [6.45, 7) is 10.2. The van der Waals surface area contributed by atoms with Gasteiger partial charge in [0.1, 0.15) is 0 Å². The van der Waals surface area contributed by atoms with Crippen molar-refractivity contribution in [1.82, 2.24) is 10.3 Å². The third-order valence-corrected chi connectivity index (χ3v) is 5.89. The zero-order valence-electron chi connectivity index (χ0n) is 14.1. The second kappa shape index (κ2) is 5.54. The van der Waals surface area contributed by atoms with Gasteiger partial charge in [-0.1, -0.05) is 20.8 Å². The molecule has 2 aliphatic rings.